The van der Waals surface area contributed by atoms with Crippen molar-refractivity contribution in [2.45, 2.75) is 0 Å². The second-order valence-electron chi connectivity index (χ2n) is 5.39. The Balaban J connectivity index is 1.64. The number of carbonyl (C=O) groups is 2. The SMILES string of the molecule is O=C1NC(=O)/C(=C/c2ccc(-c3cc4ccccc4cn3)cc2)S1. The molecule has 0 unspecified atom stereocenters. The van der Waals surface area contributed by atoms with E-state index in [1.54, 1.807) is 6.08 Å². The molecular weight excluding hydrogens is 320 g/mol. The predicted octanol–water partition coefficient (Wildman–Crippen LogP) is 4.23. The summed E-state index contributed by atoms with van der Waals surface area (Å²) in [5.74, 6) is -0.342. The van der Waals surface area contributed by atoms with E-state index in [2.05, 4.69) is 22.4 Å². The zero-order valence-corrected chi connectivity index (χ0v) is 13.3. The molecular formula is C19H12N2O2S. The highest BCUT2D eigenvalue weighted by Gasteiger charge is 2.24. The summed E-state index contributed by atoms with van der Waals surface area (Å²) in [4.78, 5) is 27.7. The van der Waals surface area contributed by atoms with Crippen molar-refractivity contribution >= 4 is 39.8 Å². The maximum atomic E-state index is 11.6. The minimum absolute atomic E-state index is 0.330. The van der Waals surface area contributed by atoms with E-state index < -0.39 is 0 Å². The highest BCUT2D eigenvalue weighted by atomic mass is 32.2. The molecule has 116 valence electrons. The van der Waals surface area contributed by atoms with Crippen LogP contribution in [0, 0.1) is 0 Å². The summed E-state index contributed by atoms with van der Waals surface area (Å²) in [6.45, 7) is 0. The number of hydrogen-bond acceptors (Lipinski definition) is 4. The van der Waals surface area contributed by atoms with E-state index in [9.17, 15) is 9.59 Å². The Hall–Kier alpha value is -2.92. The zero-order chi connectivity index (χ0) is 16.5. The summed E-state index contributed by atoms with van der Waals surface area (Å²) in [7, 11) is 0. The van der Waals surface area contributed by atoms with E-state index in [0.717, 1.165) is 39.4 Å². The number of thioether (sulfide) groups is 1. The lowest BCUT2D eigenvalue weighted by Gasteiger charge is -2.04. The second kappa shape index (κ2) is 5.94. The number of nitrogens with zero attached hydrogens (tertiary/aromatic N) is 1. The van der Waals surface area contributed by atoms with E-state index >= 15 is 0 Å². The van der Waals surface area contributed by atoms with Gasteiger partial charge in [-0.2, -0.15) is 0 Å². The fourth-order valence-electron chi connectivity index (χ4n) is 2.56. The van der Waals surface area contributed by atoms with Gasteiger partial charge in [-0.1, -0.05) is 48.5 Å². The summed E-state index contributed by atoms with van der Waals surface area (Å²) in [5.41, 5.74) is 2.77. The summed E-state index contributed by atoms with van der Waals surface area (Å²) in [6, 6.07) is 17.9. The molecule has 1 fully saturated rings. The molecule has 4 rings (SSSR count). The average Bonchev–Trinajstić information content (AvgIpc) is 2.92. The first-order valence-corrected chi connectivity index (χ1v) is 8.21. The van der Waals surface area contributed by atoms with Crippen LogP contribution in [0.2, 0.25) is 0 Å². The number of imide groups is 1. The lowest BCUT2D eigenvalue weighted by molar-refractivity contribution is -0.115. The number of nitrogens with one attached hydrogen (secondary N) is 1. The Labute approximate surface area is 142 Å². The van der Waals surface area contributed by atoms with Crippen LogP contribution in [0.3, 0.4) is 0 Å². The molecule has 0 radical (unpaired) electrons. The van der Waals surface area contributed by atoms with Crippen molar-refractivity contribution in [3.63, 3.8) is 0 Å². The van der Waals surface area contributed by atoms with Gasteiger partial charge in [0.25, 0.3) is 11.1 Å². The van der Waals surface area contributed by atoms with Crippen molar-refractivity contribution in [1.82, 2.24) is 10.3 Å². The summed E-state index contributed by atoms with van der Waals surface area (Å²) < 4.78 is 0. The first kappa shape index (κ1) is 14.7. The number of rotatable bonds is 2. The lowest BCUT2D eigenvalue weighted by atomic mass is 10.1. The van der Waals surface area contributed by atoms with Crippen LogP contribution in [-0.2, 0) is 4.79 Å². The normalized spacial score (nSPS) is 15.9. The Kier molecular flexibility index (Phi) is 3.63. The molecule has 0 aliphatic carbocycles. The van der Waals surface area contributed by atoms with Gasteiger partial charge in [-0.25, -0.2) is 0 Å². The van der Waals surface area contributed by atoms with Crippen LogP contribution in [-0.4, -0.2) is 16.1 Å². The van der Waals surface area contributed by atoms with Crippen LogP contribution < -0.4 is 5.32 Å². The molecule has 1 N–H and O–H groups in total. The van der Waals surface area contributed by atoms with E-state index in [0.29, 0.717) is 4.91 Å². The van der Waals surface area contributed by atoms with Crippen molar-refractivity contribution in [3.05, 3.63) is 71.3 Å². The van der Waals surface area contributed by atoms with Crippen LogP contribution in [0.1, 0.15) is 5.56 Å². The standard InChI is InChI=1S/C19H12N2O2S/c22-18-17(24-19(23)21-18)9-12-5-7-13(8-6-12)16-10-14-3-1-2-4-15(14)11-20-16/h1-11H,(H,21,22,23)/b17-9-. The van der Waals surface area contributed by atoms with E-state index in [4.69, 9.17) is 0 Å². The zero-order valence-electron chi connectivity index (χ0n) is 12.5. The van der Waals surface area contributed by atoms with Crippen LogP contribution >= 0.6 is 11.8 Å². The Morgan fingerprint density at radius 3 is 2.42 bits per heavy atom. The van der Waals surface area contributed by atoms with Gasteiger partial charge < -0.3 is 0 Å². The minimum atomic E-state index is -0.342. The molecule has 0 bridgehead atoms. The fourth-order valence-corrected chi connectivity index (χ4v) is 3.25. The topological polar surface area (TPSA) is 59.1 Å². The van der Waals surface area contributed by atoms with Gasteiger partial charge in [0.1, 0.15) is 0 Å². The number of amides is 2. The summed E-state index contributed by atoms with van der Waals surface area (Å²) >= 11 is 0.920. The van der Waals surface area contributed by atoms with Gasteiger partial charge in [0.2, 0.25) is 0 Å². The number of fused-ring (bicyclic) bond motifs is 1. The van der Waals surface area contributed by atoms with Gasteiger partial charge in [0, 0.05) is 17.1 Å². The maximum absolute atomic E-state index is 11.6. The number of carbonyl (C=O) groups excluding carboxylic acids is 2. The Morgan fingerprint density at radius 2 is 1.71 bits per heavy atom. The lowest BCUT2D eigenvalue weighted by Crippen LogP contribution is -2.17. The smallest absolute Gasteiger partial charge is 0.282 e. The average molecular weight is 332 g/mol. The molecule has 2 aromatic carbocycles. The van der Waals surface area contributed by atoms with Crippen LogP contribution in [0.15, 0.2) is 65.7 Å². The van der Waals surface area contributed by atoms with Gasteiger partial charge in [0.05, 0.1) is 10.6 Å². The van der Waals surface area contributed by atoms with Crippen LogP contribution in [0.5, 0.6) is 0 Å². The van der Waals surface area contributed by atoms with Crippen molar-refractivity contribution < 1.29 is 9.59 Å². The minimum Gasteiger partial charge on any atom is -0.282 e. The largest absolute Gasteiger partial charge is 0.290 e. The van der Waals surface area contributed by atoms with E-state index in [1.807, 2.05) is 48.7 Å². The van der Waals surface area contributed by atoms with Gasteiger partial charge in [-0.05, 0) is 34.9 Å². The Morgan fingerprint density at radius 1 is 0.958 bits per heavy atom. The molecule has 2 heterocycles. The molecule has 1 saturated heterocycles. The predicted molar refractivity (Wildman–Crippen MR) is 96.3 cm³/mol. The third-order valence-electron chi connectivity index (χ3n) is 3.78. The van der Waals surface area contributed by atoms with Gasteiger partial charge >= 0.3 is 0 Å². The first-order chi connectivity index (χ1) is 11.7. The maximum Gasteiger partial charge on any atom is 0.290 e. The van der Waals surface area contributed by atoms with Gasteiger partial charge in [-0.15, -0.1) is 0 Å². The molecule has 1 aliphatic rings. The van der Waals surface area contributed by atoms with E-state index in [1.165, 1.54) is 0 Å². The molecule has 3 aromatic rings. The third kappa shape index (κ3) is 2.81. The van der Waals surface area contributed by atoms with Crippen LogP contribution in [0.4, 0.5) is 4.79 Å². The quantitative estimate of drug-likeness (QED) is 0.714. The number of benzene rings is 2. The number of pyridine rings is 1. The summed E-state index contributed by atoms with van der Waals surface area (Å²) in [6.07, 6.45) is 3.58. The Bertz CT molecular complexity index is 994. The molecule has 0 saturated carbocycles. The number of aromatic nitrogens is 1. The van der Waals surface area contributed by atoms with Crippen molar-refractivity contribution in [2.24, 2.45) is 0 Å². The monoisotopic (exact) mass is 332 g/mol. The van der Waals surface area contributed by atoms with Crippen LogP contribution in [0.25, 0.3) is 28.1 Å². The second-order valence-corrected chi connectivity index (χ2v) is 6.41. The molecule has 4 nitrogen and oxygen atoms in total. The molecule has 2 amide bonds. The van der Waals surface area contributed by atoms with Crippen molar-refractivity contribution in [2.75, 3.05) is 0 Å². The van der Waals surface area contributed by atoms with Crippen molar-refractivity contribution in [1.29, 1.82) is 0 Å². The highest BCUT2D eigenvalue weighted by Crippen LogP contribution is 2.27. The molecule has 0 atom stereocenters. The molecule has 24 heavy (non-hydrogen) atoms. The van der Waals surface area contributed by atoms with Gasteiger partial charge in [-0.3, -0.25) is 19.9 Å². The van der Waals surface area contributed by atoms with Gasteiger partial charge in [0.15, 0.2) is 0 Å². The van der Waals surface area contributed by atoms with Crippen molar-refractivity contribution in [3.8, 4) is 11.3 Å². The summed E-state index contributed by atoms with van der Waals surface area (Å²) in [5, 5.41) is 4.17. The third-order valence-corrected chi connectivity index (χ3v) is 4.59. The molecule has 1 aliphatic heterocycles. The van der Waals surface area contributed by atoms with E-state index in [-0.39, 0.29) is 11.1 Å². The number of hydrogen-bond donors (Lipinski definition) is 1. The molecule has 1 aromatic heterocycles. The first-order valence-electron chi connectivity index (χ1n) is 7.39. The highest BCUT2D eigenvalue weighted by molar-refractivity contribution is 8.18. The molecule has 0 spiro atoms. The molecule has 5 heteroatoms. The fraction of sp³-hybridized carbons (Fsp3) is 0.